The molecule has 7 rings (SSSR count). The molecule has 1 saturated carbocycles. The van der Waals surface area contributed by atoms with E-state index in [1.165, 1.54) is 0 Å². The van der Waals surface area contributed by atoms with Crippen molar-refractivity contribution in [1.82, 2.24) is 19.8 Å². The first-order valence-corrected chi connectivity index (χ1v) is 16.0. The normalized spacial score (nSPS) is 18.0. The molecule has 0 bridgehead atoms. The van der Waals surface area contributed by atoms with Gasteiger partial charge in [0.2, 0.25) is 0 Å². The number of imidazole rings is 1. The number of halogens is 3. The summed E-state index contributed by atoms with van der Waals surface area (Å²) >= 11 is 6.93. The average Bonchev–Trinajstić information content (AvgIpc) is 3.62. The molecule has 1 aliphatic heterocycles. The van der Waals surface area contributed by atoms with Crippen LogP contribution in [0, 0.1) is 11.6 Å². The molecule has 2 aliphatic carbocycles. The third-order valence-electron chi connectivity index (χ3n) is 9.56. The Labute approximate surface area is 275 Å². The minimum Gasteiger partial charge on any atom is -0.486 e. The first kappa shape index (κ1) is 31.3. The molecular formula is C35H34ClF2N5O4. The van der Waals surface area contributed by atoms with Crippen LogP contribution in [0.2, 0.25) is 5.02 Å². The van der Waals surface area contributed by atoms with Gasteiger partial charge in [0.15, 0.2) is 5.82 Å². The van der Waals surface area contributed by atoms with Crippen LogP contribution in [0.15, 0.2) is 48.5 Å². The van der Waals surface area contributed by atoms with E-state index in [4.69, 9.17) is 16.3 Å². The second-order valence-corrected chi connectivity index (χ2v) is 13.0. The maximum Gasteiger partial charge on any atom is 0.323 e. The molecule has 0 radical (unpaired) electrons. The molecule has 1 unspecified atom stereocenters. The standard InChI is InChI=1S/C35H34ClF2N5O4/c1-42-14-11-29-28(18-42)40-32(43(29)2)33(44)41-27-8-4-7-23(31(27)36)20-5-3-6-22-21(20)9-10-30(22)47-19-15-25(37)24(26(38)16-19)17-39-35(12-13-35)34(45)46/h3-8,15-16,30,39H,9-14,17-18H2,1-2H3,(H,41,44)(H,45,46). The van der Waals surface area contributed by atoms with Crippen LogP contribution in [0.25, 0.3) is 11.1 Å². The fourth-order valence-corrected chi connectivity index (χ4v) is 6.97. The van der Waals surface area contributed by atoms with E-state index in [0.29, 0.717) is 48.8 Å². The number of amides is 1. The van der Waals surface area contributed by atoms with E-state index in [2.05, 4.69) is 20.5 Å². The number of carbonyl (C=O) groups excluding carboxylic acids is 1. The second kappa shape index (κ2) is 12.0. The smallest absolute Gasteiger partial charge is 0.323 e. The van der Waals surface area contributed by atoms with Crippen molar-refractivity contribution in [2.24, 2.45) is 7.05 Å². The molecule has 3 N–H and O–H groups in total. The highest BCUT2D eigenvalue weighted by molar-refractivity contribution is 6.36. The lowest BCUT2D eigenvalue weighted by Gasteiger charge is -2.21. The van der Waals surface area contributed by atoms with Crippen LogP contribution in [0.4, 0.5) is 14.5 Å². The maximum atomic E-state index is 15.0. The molecule has 47 heavy (non-hydrogen) atoms. The summed E-state index contributed by atoms with van der Waals surface area (Å²) in [5.74, 6) is -2.58. The quantitative estimate of drug-likeness (QED) is 0.201. The van der Waals surface area contributed by atoms with Gasteiger partial charge in [-0.2, -0.15) is 0 Å². The summed E-state index contributed by atoms with van der Waals surface area (Å²) in [7, 11) is 3.89. The van der Waals surface area contributed by atoms with Crippen LogP contribution in [0.1, 0.15) is 64.1 Å². The maximum absolute atomic E-state index is 15.0. The molecule has 1 amide bonds. The topological polar surface area (TPSA) is 109 Å². The summed E-state index contributed by atoms with van der Waals surface area (Å²) in [6, 6.07) is 13.5. The van der Waals surface area contributed by atoms with Gasteiger partial charge in [-0.25, -0.2) is 13.8 Å². The summed E-state index contributed by atoms with van der Waals surface area (Å²) < 4.78 is 37.9. The van der Waals surface area contributed by atoms with Crippen molar-refractivity contribution < 1.29 is 28.2 Å². The Kier molecular flexibility index (Phi) is 8.02. The molecule has 1 aromatic heterocycles. The fraction of sp³-hybridized carbons (Fsp3) is 0.343. The third-order valence-corrected chi connectivity index (χ3v) is 9.97. The molecule has 0 spiro atoms. The number of carbonyl (C=O) groups is 2. The van der Waals surface area contributed by atoms with Gasteiger partial charge in [-0.1, -0.05) is 41.9 Å². The van der Waals surface area contributed by atoms with Gasteiger partial charge in [-0.15, -0.1) is 0 Å². The number of likely N-dealkylation sites (N-methyl/N-ethyl adjacent to an activating group) is 1. The summed E-state index contributed by atoms with van der Waals surface area (Å²) in [6.45, 7) is 1.36. The Morgan fingerprint density at radius 1 is 1.09 bits per heavy atom. The highest BCUT2D eigenvalue weighted by Crippen LogP contribution is 2.43. The number of anilines is 1. The number of carboxylic acids is 1. The molecule has 1 atom stereocenters. The first-order valence-electron chi connectivity index (χ1n) is 15.6. The van der Waals surface area contributed by atoms with E-state index in [0.717, 1.165) is 58.7 Å². The van der Waals surface area contributed by atoms with Crippen LogP contribution in [-0.4, -0.2) is 50.6 Å². The molecule has 3 aromatic carbocycles. The lowest BCUT2D eigenvalue weighted by molar-refractivity contribution is -0.140. The van der Waals surface area contributed by atoms with E-state index in [-0.39, 0.29) is 23.8 Å². The zero-order valence-electron chi connectivity index (χ0n) is 26.0. The Balaban J connectivity index is 1.09. The van der Waals surface area contributed by atoms with Crippen molar-refractivity contribution >= 4 is 29.2 Å². The van der Waals surface area contributed by atoms with Crippen LogP contribution in [-0.2, 0) is 37.8 Å². The van der Waals surface area contributed by atoms with Crippen LogP contribution < -0.4 is 15.4 Å². The van der Waals surface area contributed by atoms with Gasteiger partial charge >= 0.3 is 5.97 Å². The molecule has 9 nitrogen and oxygen atoms in total. The predicted molar refractivity (Wildman–Crippen MR) is 173 cm³/mol. The number of nitrogens with one attached hydrogen (secondary N) is 2. The Morgan fingerprint density at radius 3 is 2.53 bits per heavy atom. The highest BCUT2D eigenvalue weighted by Gasteiger charge is 2.50. The van der Waals surface area contributed by atoms with Gasteiger partial charge in [0.25, 0.3) is 5.91 Å². The molecule has 4 aromatic rings. The van der Waals surface area contributed by atoms with Crippen LogP contribution in [0.5, 0.6) is 5.75 Å². The van der Waals surface area contributed by atoms with Crippen molar-refractivity contribution in [2.45, 2.75) is 56.8 Å². The molecule has 12 heteroatoms. The molecule has 244 valence electrons. The van der Waals surface area contributed by atoms with Gasteiger partial charge in [0.05, 0.1) is 16.4 Å². The fourth-order valence-electron chi connectivity index (χ4n) is 6.70. The minimum atomic E-state index is -1.11. The third kappa shape index (κ3) is 5.77. The molecule has 1 fully saturated rings. The van der Waals surface area contributed by atoms with E-state index >= 15 is 0 Å². The number of rotatable bonds is 9. The summed E-state index contributed by atoms with van der Waals surface area (Å²) in [4.78, 5) is 31.6. The van der Waals surface area contributed by atoms with Crippen molar-refractivity contribution in [3.63, 3.8) is 0 Å². The number of aromatic nitrogens is 2. The van der Waals surface area contributed by atoms with Gasteiger partial charge in [0.1, 0.15) is 29.0 Å². The number of benzene rings is 3. The number of ether oxygens (including phenoxy) is 1. The predicted octanol–water partition coefficient (Wildman–Crippen LogP) is 6.03. The second-order valence-electron chi connectivity index (χ2n) is 12.6. The van der Waals surface area contributed by atoms with Gasteiger partial charge in [-0.3, -0.25) is 14.9 Å². The molecule has 0 saturated heterocycles. The van der Waals surface area contributed by atoms with Gasteiger partial charge in [0, 0.05) is 62.1 Å². The largest absolute Gasteiger partial charge is 0.486 e. The summed E-state index contributed by atoms with van der Waals surface area (Å²) in [5.41, 5.74) is 4.62. The van der Waals surface area contributed by atoms with Gasteiger partial charge < -0.3 is 24.6 Å². The van der Waals surface area contributed by atoms with Gasteiger partial charge in [-0.05, 0) is 55.5 Å². The number of fused-ring (bicyclic) bond motifs is 2. The Morgan fingerprint density at radius 2 is 1.81 bits per heavy atom. The number of hydrogen-bond acceptors (Lipinski definition) is 6. The van der Waals surface area contributed by atoms with Crippen molar-refractivity contribution in [1.29, 1.82) is 0 Å². The highest BCUT2D eigenvalue weighted by atomic mass is 35.5. The zero-order valence-corrected chi connectivity index (χ0v) is 26.8. The monoisotopic (exact) mass is 661 g/mol. The molecule has 3 aliphatic rings. The number of hydrogen-bond donors (Lipinski definition) is 3. The zero-order chi connectivity index (χ0) is 33.0. The lowest BCUT2D eigenvalue weighted by atomic mass is 9.96. The van der Waals surface area contributed by atoms with Crippen LogP contribution in [0.3, 0.4) is 0 Å². The lowest BCUT2D eigenvalue weighted by Crippen LogP contribution is -2.38. The van der Waals surface area contributed by atoms with Crippen molar-refractivity contribution in [2.75, 3.05) is 18.9 Å². The van der Waals surface area contributed by atoms with E-state index in [9.17, 15) is 23.5 Å². The average molecular weight is 662 g/mol. The SMILES string of the molecule is CN1CCc2c(nc(C(=O)Nc3cccc(-c4cccc5c4CCC5Oc4cc(F)c(CNC5(C(=O)O)CC5)c(F)c4)c3Cl)n2C)C1. The van der Waals surface area contributed by atoms with E-state index in [1.54, 1.807) is 6.07 Å². The Hall–Kier alpha value is -4.32. The first-order chi connectivity index (χ1) is 22.5. The number of carboxylic acid groups (broad SMARTS) is 1. The number of aliphatic carboxylic acids is 1. The number of nitrogens with zero attached hydrogens (tertiary/aromatic N) is 3. The van der Waals surface area contributed by atoms with E-state index < -0.39 is 29.2 Å². The molecule has 2 heterocycles. The van der Waals surface area contributed by atoms with E-state index in [1.807, 2.05) is 49.0 Å². The summed E-state index contributed by atoms with van der Waals surface area (Å²) in [6.07, 6.45) is 2.47. The Bertz CT molecular complexity index is 1900. The molecular weight excluding hydrogens is 628 g/mol. The van der Waals surface area contributed by atoms with Crippen LogP contribution >= 0.6 is 11.6 Å². The van der Waals surface area contributed by atoms with Crippen molar-refractivity contribution in [3.05, 3.63) is 99.1 Å². The van der Waals surface area contributed by atoms with Crippen molar-refractivity contribution in [3.8, 4) is 16.9 Å². The summed E-state index contributed by atoms with van der Waals surface area (Å²) in [5, 5.41) is 15.5. The minimum absolute atomic E-state index is 0.0525.